The van der Waals surface area contributed by atoms with E-state index in [9.17, 15) is 4.79 Å². The fraction of sp³-hybridized carbons (Fsp3) is 0.500. The van der Waals surface area contributed by atoms with Crippen LogP contribution in [0.1, 0.15) is 32.8 Å². The standard InChI is InChI=1S/C16H23N5OS/c1-11-4-7-23-15(11)13(20(2)3)8-18-16(22)12-10-21-6-5-17-9-14(21)19-12/h4,7,10,13,17H,5-6,8-9H2,1-3H3,(H,18,22)/t13-/m1/s1. The van der Waals surface area contributed by atoms with Gasteiger partial charge in [0.1, 0.15) is 11.5 Å². The first-order valence-corrected chi connectivity index (χ1v) is 8.69. The van der Waals surface area contributed by atoms with E-state index in [1.54, 1.807) is 11.3 Å². The summed E-state index contributed by atoms with van der Waals surface area (Å²) < 4.78 is 2.05. The fourth-order valence-corrected chi connectivity index (χ4v) is 3.94. The number of amides is 1. The molecule has 0 saturated carbocycles. The summed E-state index contributed by atoms with van der Waals surface area (Å²) in [7, 11) is 4.08. The van der Waals surface area contributed by atoms with Crippen molar-refractivity contribution < 1.29 is 4.79 Å². The van der Waals surface area contributed by atoms with Crippen molar-refractivity contribution in [2.24, 2.45) is 0 Å². The van der Waals surface area contributed by atoms with Gasteiger partial charge in [0.15, 0.2) is 0 Å². The lowest BCUT2D eigenvalue weighted by molar-refractivity contribution is 0.0937. The Balaban J connectivity index is 1.67. The van der Waals surface area contributed by atoms with Gasteiger partial charge in [-0.2, -0.15) is 0 Å². The molecule has 7 heteroatoms. The molecule has 0 saturated heterocycles. The summed E-state index contributed by atoms with van der Waals surface area (Å²) >= 11 is 1.73. The normalized spacial score (nSPS) is 15.5. The van der Waals surface area contributed by atoms with Gasteiger partial charge >= 0.3 is 0 Å². The van der Waals surface area contributed by atoms with Crippen molar-refractivity contribution in [1.82, 2.24) is 25.1 Å². The van der Waals surface area contributed by atoms with Gasteiger partial charge in [-0.25, -0.2) is 4.98 Å². The maximum Gasteiger partial charge on any atom is 0.271 e. The van der Waals surface area contributed by atoms with Gasteiger partial charge in [-0.1, -0.05) is 0 Å². The molecule has 6 nitrogen and oxygen atoms in total. The van der Waals surface area contributed by atoms with E-state index in [2.05, 4.69) is 43.5 Å². The summed E-state index contributed by atoms with van der Waals surface area (Å²) in [6, 6.07) is 2.30. The zero-order chi connectivity index (χ0) is 16.4. The number of aryl methyl sites for hydroxylation is 1. The molecule has 0 unspecified atom stereocenters. The number of likely N-dealkylation sites (N-methyl/N-ethyl adjacent to an activating group) is 1. The lowest BCUT2D eigenvalue weighted by atomic mass is 10.1. The average Bonchev–Trinajstić information content (AvgIpc) is 3.13. The number of aromatic nitrogens is 2. The number of hydrogen-bond donors (Lipinski definition) is 2. The largest absolute Gasteiger partial charge is 0.349 e. The van der Waals surface area contributed by atoms with Crippen LogP contribution in [0.5, 0.6) is 0 Å². The van der Waals surface area contributed by atoms with Crippen molar-refractivity contribution >= 4 is 17.2 Å². The van der Waals surface area contributed by atoms with Crippen LogP contribution >= 0.6 is 11.3 Å². The highest BCUT2D eigenvalue weighted by Crippen LogP contribution is 2.26. The molecule has 0 aromatic carbocycles. The lowest BCUT2D eigenvalue weighted by Gasteiger charge is -2.24. The second-order valence-corrected chi connectivity index (χ2v) is 7.02. The van der Waals surface area contributed by atoms with E-state index in [0.29, 0.717) is 12.2 Å². The van der Waals surface area contributed by atoms with Crippen molar-refractivity contribution in [3.8, 4) is 0 Å². The van der Waals surface area contributed by atoms with Crippen molar-refractivity contribution in [3.05, 3.63) is 39.6 Å². The quantitative estimate of drug-likeness (QED) is 0.868. The molecule has 2 N–H and O–H groups in total. The van der Waals surface area contributed by atoms with E-state index in [1.165, 1.54) is 10.4 Å². The first-order chi connectivity index (χ1) is 11.1. The number of carbonyl (C=O) groups is 1. The molecular formula is C16H23N5OS. The van der Waals surface area contributed by atoms with E-state index < -0.39 is 0 Å². The zero-order valence-electron chi connectivity index (χ0n) is 13.8. The van der Waals surface area contributed by atoms with Gasteiger partial charge in [-0.15, -0.1) is 11.3 Å². The van der Waals surface area contributed by atoms with Crippen LogP contribution in [0.4, 0.5) is 0 Å². The minimum Gasteiger partial charge on any atom is -0.349 e. The third-order valence-corrected chi connectivity index (χ3v) is 5.31. The van der Waals surface area contributed by atoms with E-state index in [-0.39, 0.29) is 11.9 Å². The second kappa shape index (κ2) is 6.82. The Hall–Kier alpha value is -1.70. The number of imidazole rings is 1. The topological polar surface area (TPSA) is 62.2 Å². The minimum absolute atomic E-state index is 0.104. The van der Waals surface area contributed by atoms with Gasteiger partial charge in [-0.3, -0.25) is 4.79 Å². The van der Waals surface area contributed by atoms with Crippen LogP contribution in [0.15, 0.2) is 17.6 Å². The Morgan fingerprint density at radius 3 is 3.04 bits per heavy atom. The fourth-order valence-electron chi connectivity index (χ4n) is 2.81. The van der Waals surface area contributed by atoms with Crippen LogP contribution in [-0.2, 0) is 13.1 Å². The van der Waals surface area contributed by atoms with Gasteiger partial charge in [0, 0.05) is 30.7 Å². The molecule has 3 rings (SSSR count). The molecular weight excluding hydrogens is 310 g/mol. The first kappa shape index (κ1) is 16.2. The third-order valence-electron chi connectivity index (χ3n) is 4.19. The number of nitrogens with zero attached hydrogens (tertiary/aromatic N) is 3. The van der Waals surface area contributed by atoms with Crippen LogP contribution in [0.3, 0.4) is 0 Å². The Morgan fingerprint density at radius 2 is 2.39 bits per heavy atom. The van der Waals surface area contributed by atoms with Gasteiger partial charge in [0.05, 0.1) is 12.6 Å². The van der Waals surface area contributed by atoms with Crippen LogP contribution in [0, 0.1) is 6.92 Å². The molecule has 23 heavy (non-hydrogen) atoms. The lowest BCUT2D eigenvalue weighted by Crippen LogP contribution is -2.34. The van der Waals surface area contributed by atoms with E-state index >= 15 is 0 Å². The molecule has 1 aliphatic rings. The van der Waals surface area contributed by atoms with E-state index in [1.807, 2.05) is 20.3 Å². The van der Waals surface area contributed by atoms with Gasteiger partial charge in [-0.05, 0) is 38.0 Å². The minimum atomic E-state index is -0.104. The summed E-state index contributed by atoms with van der Waals surface area (Å²) in [5.74, 6) is 0.827. The number of rotatable bonds is 5. The number of fused-ring (bicyclic) bond motifs is 1. The van der Waals surface area contributed by atoms with Crippen molar-refractivity contribution in [2.75, 3.05) is 27.2 Å². The second-order valence-electron chi connectivity index (χ2n) is 6.07. The third kappa shape index (κ3) is 3.46. The number of thiophene rings is 1. The predicted molar refractivity (Wildman–Crippen MR) is 91.8 cm³/mol. The summed E-state index contributed by atoms with van der Waals surface area (Å²) in [4.78, 5) is 20.3. The summed E-state index contributed by atoms with van der Waals surface area (Å²) in [5.41, 5.74) is 1.77. The van der Waals surface area contributed by atoms with Crippen molar-refractivity contribution in [2.45, 2.75) is 26.1 Å². The van der Waals surface area contributed by atoms with Crippen LogP contribution in [0.25, 0.3) is 0 Å². The highest BCUT2D eigenvalue weighted by Gasteiger charge is 2.21. The van der Waals surface area contributed by atoms with Gasteiger partial charge in [0.25, 0.3) is 5.91 Å². The van der Waals surface area contributed by atoms with Crippen LogP contribution < -0.4 is 10.6 Å². The Bertz CT molecular complexity index is 667. The molecule has 1 aliphatic heterocycles. The molecule has 0 bridgehead atoms. The van der Waals surface area contributed by atoms with Gasteiger partial charge < -0.3 is 20.1 Å². The monoisotopic (exact) mass is 333 g/mol. The highest BCUT2D eigenvalue weighted by atomic mass is 32.1. The molecule has 0 fully saturated rings. The van der Waals surface area contributed by atoms with Crippen molar-refractivity contribution in [1.29, 1.82) is 0 Å². The summed E-state index contributed by atoms with van der Waals surface area (Å²) in [5, 5.41) is 8.39. The molecule has 2 aromatic rings. The highest BCUT2D eigenvalue weighted by molar-refractivity contribution is 7.10. The van der Waals surface area contributed by atoms with E-state index in [0.717, 1.165) is 25.5 Å². The number of carbonyl (C=O) groups excluding carboxylic acids is 1. The molecule has 0 spiro atoms. The Labute approximate surface area is 140 Å². The van der Waals surface area contributed by atoms with Crippen LogP contribution in [-0.4, -0.2) is 47.5 Å². The molecule has 2 aromatic heterocycles. The molecule has 1 amide bonds. The molecule has 124 valence electrons. The average molecular weight is 333 g/mol. The smallest absolute Gasteiger partial charge is 0.271 e. The molecule has 0 radical (unpaired) electrons. The van der Waals surface area contributed by atoms with E-state index in [4.69, 9.17) is 0 Å². The number of nitrogens with one attached hydrogen (secondary N) is 2. The maximum atomic E-state index is 12.4. The summed E-state index contributed by atoms with van der Waals surface area (Å²) in [6.07, 6.45) is 1.85. The summed E-state index contributed by atoms with van der Waals surface area (Å²) in [6.45, 7) is 5.20. The molecule has 3 heterocycles. The predicted octanol–water partition coefficient (Wildman–Crippen LogP) is 1.39. The van der Waals surface area contributed by atoms with Gasteiger partial charge in [0.2, 0.25) is 0 Å². The Morgan fingerprint density at radius 1 is 1.57 bits per heavy atom. The molecule has 1 atom stereocenters. The maximum absolute atomic E-state index is 12.4. The first-order valence-electron chi connectivity index (χ1n) is 7.81. The Kier molecular flexibility index (Phi) is 4.79. The van der Waals surface area contributed by atoms with Crippen LogP contribution in [0.2, 0.25) is 0 Å². The SMILES string of the molecule is Cc1ccsc1[C@@H](CNC(=O)c1cn2c(n1)CNCC2)N(C)C. The molecule has 0 aliphatic carbocycles. The zero-order valence-corrected chi connectivity index (χ0v) is 14.6. The van der Waals surface area contributed by atoms with Crippen molar-refractivity contribution in [3.63, 3.8) is 0 Å². The number of hydrogen-bond acceptors (Lipinski definition) is 5.